The Bertz CT molecular complexity index is 1470. The number of piperazine rings is 1. The fourth-order valence-corrected chi connectivity index (χ4v) is 5.36. The molecule has 2 aliphatic heterocycles. The van der Waals surface area contributed by atoms with Crippen molar-refractivity contribution in [2.75, 3.05) is 51.3 Å². The lowest BCUT2D eigenvalue weighted by Gasteiger charge is -2.35. The second-order valence-corrected chi connectivity index (χ2v) is 11.6. The highest BCUT2D eigenvalue weighted by atomic mass is 16.6. The molecule has 0 unspecified atom stereocenters. The van der Waals surface area contributed by atoms with Crippen LogP contribution in [0.5, 0.6) is 5.75 Å². The van der Waals surface area contributed by atoms with Crippen LogP contribution in [0.2, 0.25) is 0 Å². The molecule has 5 rings (SSSR count). The van der Waals surface area contributed by atoms with Crippen LogP contribution in [-0.4, -0.2) is 89.5 Å². The first-order valence-electron chi connectivity index (χ1n) is 14.2. The molecule has 1 aromatic heterocycles. The van der Waals surface area contributed by atoms with Gasteiger partial charge >= 0.3 is 6.09 Å². The van der Waals surface area contributed by atoms with Gasteiger partial charge in [-0.25, -0.2) is 9.48 Å². The molecule has 0 spiro atoms. The van der Waals surface area contributed by atoms with Crippen molar-refractivity contribution in [3.8, 4) is 11.4 Å². The predicted octanol–water partition coefficient (Wildman–Crippen LogP) is 3.28. The number of anilines is 1. The highest BCUT2D eigenvalue weighted by Gasteiger charge is 2.34. The van der Waals surface area contributed by atoms with Gasteiger partial charge in [-0.2, -0.15) is 5.10 Å². The van der Waals surface area contributed by atoms with E-state index in [2.05, 4.69) is 16.1 Å². The standard InChI is InChI=1S/C31H38N6O5/c1-31(2,3)42-30(40)35-18-16-34(17-19-35)14-12-21-6-5-7-23(20-21)36-15-13-25-26(28(32)38)33-37(27(25)29(36)39)22-8-10-24(41-4)11-9-22/h5-11,20H,12-19H2,1-4H3,(H2,32,38). The van der Waals surface area contributed by atoms with E-state index < -0.39 is 11.5 Å². The number of nitrogens with zero attached hydrogens (tertiary/aromatic N) is 5. The van der Waals surface area contributed by atoms with Crippen LogP contribution in [0.25, 0.3) is 5.69 Å². The summed E-state index contributed by atoms with van der Waals surface area (Å²) in [7, 11) is 1.58. The van der Waals surface area contributed by atoms with Crippen LogP contribution < -0.4 is 15.4 Å². The first kappa shape index (κ1) is 29.1. The van der Waals surface area contributed by atoms with E-state index in [1.54, 1.807) is 41.2 Å². The van der Waals surface area contributed by atoms with Crippen molar-refractivity contribution >= 4 is 23.6 Å². The summed E-state index contributed by atoms with van der Waals surface area (Å²) in [4.78, 5) is 44.3. The van der Waals surface area contributed by atoms with Crippen molar-refractivity contribution in [3.05, 3.63) is 71.0 Å². The van der Waals surface area contributed by atoms with Crippen molar-refractivity contribution in [2.24, 2.45) is 5.73 Å². The monoisotopic (exact) mass is 574 g/mol. The van der Waals surface area contributed by atoms with Crippen LogP contribution in [0.1, 0.15) is 52.9 Å². The summed E-state index contributed by atoms with van der Waals surface area (Å²) in [5.74, 6) is -0.222. The number of carbonyl (C=O) groups excluding carboxylic acids is 3. The summed E-state index contributed by atoms with van der Waals surface area (Å²) in [5.41, 5.74) is 8.71. The highest BCUT2D eigenvalue weighted by Crippen LogP contribution is 2.30. The molecule has 11 heteroatoms. The van der Waals surface area contributed by atoms with E-state index >= 15 is 0 Å². The average Bonchev–Trinajstić information content (AvgIpc) is 3.37. The number of methoxy groups -OCH3 is 1. The number of carbonyl (C=O) groups is 3. The van der Waals surface area contributed by atoms with Crippen LogP contribution in [0.3, 0.4) is 0 Å². The van der Waals surface area contributed by atoms with Gasteiger partial charge in [-0.15, -0.1) is 0 Å². The number of primary amides is 1. The molecule has 42 heavy (non-hydrogen) atoms. The largest absolute Gasteiger partial charge is 0.497 e. The number of amides is 3. The van der Waals surface area contributed by atoms with E-state index in [1.807, 2.05) is 39.0 Å². The van der Waals surface area contributed by atoms with Gasteiger partial charge in [0.15, 0.2) is 5.69 Å². The van der Waals surface area contributed by atoms with Crippen LogP contribution >= 0.6 is 0 Å². The first-order chi connectivity index (χ1) is 20.0. The number of fused-ring (bicyclic) bond motifs is 1. The minimum Gasteiger partial charge on any atom is -0.497 e. The average molecular weight is 575 g/mol. The molecule has 11 nitrogen and oxygen atoms in total. The van der Waals surface area contributed by atoms with Gasteiger partial charge in [0, 0.05) is 50.5 Å². The lowest BCUT2D eigenvalue weighted by Crippen LogP contribution is -2.50. The Balaban J connectivity index is 1.28. The number of hydrogen-bond acceptors (Lipinski definition) is 7. The van der Waals surface area contributed by atoms with Crippen LogP contribution in [0.15, 0.2) is 48.5 Å². The van der Waals surface area contributed by atoms with Crippen LogP contribution in [-0.2, 0) is 17.6 Å². The molecular weight excluding hydrogens is 536 g/mol. The minimum atomic E-state index is -0.659. The van der Waals surface area contributed by atoms with E-state index in [0.29, 0.717) is 48.7 Å². The van der Waals surface area contributed by atoms with E-state index in [9.17, 15) is 14.4 Å². The molecule has 0 saturated carbocycles. The molecule has 0 aliphatic carbocycles. The molecule has 2 aromatic carbocycles. The summed E-state index contributed by atoms with van der Waals surface area (Å²) in [6.45, 7) is 9.71. The zero-order valence-corrected chi connectivity index (χ0v) is 24.6. The Labute approximate surface area is 245 Å². The molecule has 2 N–H and O–H groups in total. The summed E-state index contributed by atoms with van der Waals surface area (Å²) >= 11 is 0. The molecule has 3 aromatic rings. The van der Waals surface area contributed by atoms with Gasteiger partial charge in [0.25, 0.3) is 11.8 Å². The van der Waals surface area contributed by atoms with Crippen LogP contribution in [0, 0.1) is 0 Å². The van der Waals surface area contributed by atoms with E-state index in [1.165, 1.54) is 4.68 Å². The Hall–Kier alpha value is -4.38. The third-order valence-corrected chi connectivity index (χ3v) is 7.53. The number of benzene rings is 2. The van der Waals surface area contributed by atoms with Gasteiger partial charge in [0.1, 0.15) is 17.0 Å². The van der Waals surface area contributed by atoms with Gasteiger partial charge in [-0.1, -0.05) is 12.1 Å². The van der Waals surface area contributed by atoms with Gasteiger partial charge in [0.2, 0.25) is 0 Å². The predicted molar refractivity (Wildman–Crippen MR) is 158 cm³/mol. The molecule has 3 amide bonds. The third kappa shape index (κ3) is 6.25. The lowest BCUT2D eigenvalue weighted by molar-refractivity contribution is 0.0146. The molecule has 0 atom stereocenters. The Morgan fingerprint density at radius 3 is 2.33 bits per heavy atom. The SMILES string of the molecule is COc1ccc(-n2nc(C(N)=O)c3c2C(=O)N(c2cccc(CCN4CCN(C(=O)OC(C)(C)C)CC4)c2)CC3)cc1. The zero-order chi connectivity index (χ0) is 30.0. The summed E-state index contributed by atoms with van der Waals surface area (Å²) in [6.07, 6.45) is 1.01. The Morgan fingerprint density at radius 1 is 0.976 bits per heavy atom. The number of rotatable bonds is 7. The van der Waals surface area contributed by atoms with E-state index in [4.69, 9.17) is 15.2 Å². The third-order valence-electron chi connectivity index (χ3n) is 7.53. The Kier molecular flexibility index (Phi) is 8.22. The topological polar surface area (TPSA) is 123 Å². The van der Waals surface area contributed by atoms with E-state index in [-0.39, 0.29) is 17.7 Å². The van der Waals surface area contributed by atoms with Gasteiger partial charge in [-0.05, 0) is 75.6 Å². The maximum Gasteiger partial charge on any atom is 0.410 e. The summed E-state index contributed by atoms with van der Waals surface area (Å²) in [6, 6.07) is 15.1. The van der Waals surface area contributed by atoms with Crippen molar-refractivity contribution in [1.29, 1.82) is 0 Å². The quantitative estimate of drug-likeness (QED) is 0.459. The lowest BCUT2D eigenvalue weighted by atomic mass is 10.0. The smallest absolute Gasteiger partial charge is 0.410 e. The van der Waals surface area contributed by atoms with Gasteiger partial charge in [-0.3, -0.25) is 14.5 Å². The van der Waals surface area contributed by atoms with Crippen LogP contribution in [0.4, 0.5) is 10.5 Å². The zero-order valence-electron chi connectivity index (χ0n) is 24.6. The van der Waals surface area contributed by atoms with Crippen molar-refractivity contribution in [3.63, 3.8) is 0 Å². The maximum atomic E-state index is 13.9. The molecule has 2 aliphatic rings. The number of hydrogen-bond donors (Lipinski definition) is 1. The number of aromatic nitrogens is 2. The number of nitrogens with two attached hydrogens (primary N) is 1. The summed E-state index contributed by atoms with van der Waals surface area (Å²) < 4.78 is 12.3. The maximum absolute atomic E-state index is 13.9. The first-order valence-corrected chi connectivity index (χ1v) is 14.2. The molecule has 3 heterocycles. The van der Waals surface area contributed by atoms with Crippen molar-refractivity contribution in [2.45, 2.75) is 39.2 Å². The number of ether oxygens (including phenoxy) is 2. The molecular formula is C31H38N6O5. The summed E-state index contributed by atoms with van der Waals surface area (Å²) in [5, 5.41) is 4.44. The second kappa shape index (κ2) is 11.8. The fourth-order valence-electron chi connectivity index (χ4n) is 5.36. The normalized spacial score (nSPS) is 15.9. The van der Waals surface area contributed by atoms with Crippen molar-refractivity contribution < 1.29 is 23.9 Å². The van der Waals surface area contributed by atoms with Crippen molar-refractivity contribution in [1.82, 2.24) is 19.6 Å². The fraction of sp³-hybridized carbons (Fsp3) is 0.419. The minimum absolute atomic E-state index is 0.120. The van der Waals surface area contributed by atoms with E-state index in [0.717, 1.165) is 37.3 Å². The molecule has 1 fully saturated rings. The second-order valence-electron chi connectivity index (χ2n) is 11.6. The molecule has 0 bridgehead atoms. The molecule has 222 valence electrons. The molecule has 1 saturated heterocycles. The highest BCUT2D eigenvalue weighted by molar-refractivity contribution is 6.09. The molecule has 0 radical (unpaired) electrons. The Morgan fingerprint density at radius 2 is 1.69 bits per heavy atom. The van der Waals surface area contributed by atoms with Gasteiger partial charge in [0.05, 0.1) is 12.8 Å². The van der Waals surface area contributed by atoms with Gasteiger partial charge < -0.3 is 25.0 Å².